The minimum atomic E-state index is -0.947. The second kappa shape index (κ2) is 6.26. The molecule has 0 aliphatic rings. The number of carboxylic acids is 1. The van der Waals surface area contributed by atoms with Crippen LogP contribution in [0.5, 0.6) is 5.75 Å². The lowest BCUT2D eigenvalue weighted by atomic mass is 10.1. The number of benzene rings is 1. The number of nitrogens with zero attached hydrogens (tertiary/aromatic N) is 1. The van der Waals surface area contributed by atoms with E-state index >= 15 is 0 Å². The molecule has 5 heteroatoms. The minimum Gasteiger partial charge on any atom is -0.497 e. The number of methoxy groups -OCH3 is 1. The van der Waals surface area contributed by atoms with Crippen molar-refractivity contribution in [2.24, 2.45) is 0 Å². The first-order chi connectivity index (χ1) is 8.45. The van der Waals surface area contributed by atoms with Gasteiger partial charge in [0.1, 0.15) is 5.75 Å². The van der Waals surface area contributed by atoms with Crippen LogP contribution in [0.2, 0.25) is 0 Å². The summed E-state index contributed by atoms with van der Waals surface area (Å²) in [4.78, 5) is 13.2. The number of ether oxygens (including phenoxy) is 1. The van der Waals surface area contributed by atoms with Gasteiger partial charge in [-0.25, -0.2) is 4.79 Å². The second-order valence-corrected chi connectivity index (χ2v) is 4.41. The molecule has 0 heterocycles. The lowest BCUT2D eigenvalue weighted by Crippen LogP contribution is -2.31. The van der Waals surface area contributed by atoms with E-state index in [1.54, 1.807) is 25.3 Å². The highest BCUT2D eigenvalue weighted by molar-refractivity contribution is 5.94. The summed E-state index contributed by atoms with van der Waals surface area (Å²) < 4.78 is 5.10. The Bertz CT molecular complexity index is 419. The summed E-state index contributed by atoms with van der Waals surface area (Å²) in [5.41, 5.74) is 0.831. The topological polar surface area (TPSA) is 61.8 Å². The fourth-order valence-corrected chi connectivity index (χ4v) is 1.42. The van der Waals surface area contributed by atoms with E-state index < -0.39 is 5.97 Å². The zero-order chi connectivity index (χ0) is 13.7. The van der Waals surface area contributed by atoms with E-state index in [2.05, 4.69) is 17.1 Å². The molecule has 0 saturated carbocycles. The molecule has 2 N–H and O–H groups in total. The summed E-state index contributed by atoms with van der Waals surface area (Å²) in [6.45, 7) is 2.73. The van der Waals surface area contributed by atoms with Gasteiger partial charge in [-0.2, -0.15) is 0 Å². The van der Waals surface area contributed by atoms with Crippen LogP contribution in [-0.2, 0) is 0 Å². The van der Waals surface area contributed by atoms with Gasteiger partial charge in [-0.15, -0.1) is 0 Å². The molecule has 0 fully saturated rings. The van der Waals surface area contributed by atoms with Gasteiger partial charge < -0.3 is 20.1 Å². The summed E-state index contributed by atoms with van der Waals surface area (Å²) in [5.74, 6) is -0.308. The van der Waals surface area contributed by atoms with Crippen LogP contribution >= 0.6 is 0 Å². The quantitative estimate of drug-likeness (QED) is 0.807. The Kier molecular flexibility index (Phi) is 4.97. The highest BCUT2D eigenvalue weighted by Gasteiger charge is 2.12. The number of carboxylic acid groups (broad SMARTS) is 1. The fraction of sp³-hybridized carbons (Fsp3) is 0.462. The van der Waals surface area contributed by atoms with Crippen LogP contribution in [0.3, 0.4) is 0 Å². The Morgan fingerprint density at radius 2 is 2.17 bits per heavy atom. The Hall–Kier alpha value is -1.75. The molecular weight excluding hydrogens is 232 g/mol. The average molecular weight is 252 g/mol. The summed E-state index contributed by atoms with van der Waals surface area (Å²) in [5, 5.41) is 12.3. The van der Waals surface area contributed by atoms with E-state index in [4.69, 9.17) is 9.84 Å². The van der Waals surface area contributed by atoms with Gasteiger partial charge in [0.2, 0.25) is 0 Å². The molecule has 0 spiro atoms. The Morgan fingerprint density at radius 1 is 1.50 bits per heavy atom. The van der Waals surface area contributed by atoms with Crippen molar-refractivity contribution in [1.29, 1.82) is 0 Å². The number of anilines is 1. The molecule has 0 amide bonds. The molecule has 1 aromatic carbocycles. The van der Waals surface area contributed by atoms with E-state index in [0.29, 0.717) is 24.0 Å². The molecule has 1 unspecified atom stereocenters. The molecule has 0 aromatic heterocycles. The van der Waals surface area contributed by atoms with Crippen molar-refractivity contribution >= 4 is 11.7 Å². The van der Waals surface area contributed by atoms with Gasteiger partial charge >= 0.3 is 5.97 Å². The molecule has 1 rings (SSSR count). The zero-order valence-corrected chi connectivity index (χ0v) is 11.2. The maximum atomic E-state index is 11.1. The Labute approximate surface area is 107 Å². The SMILES string of the molecule is COc1ccc(C(=O)O)c(NCC(C)N(C)C)c1. The molecule has 100 valence electrons. The number of hydrogen-bond donors (Lipinski definition) is 2. The van der Waals surface area contributed by atoms with Crippen molar-refractivity contribution in [3.63, 3.8) is 0 Å². The van der Waals surface area contributed by atoms with Crippen LogP contribution in [0, 0.1) is 0 Å². The molecule has 18 heavy (non-hydrogen) atoms. The summed E-state index contributed by atoms with van der Waals surface area (Å²) in [7, 11) is 5.52. The second-order valence-electron chi connectivity index (χ2n) is 4.41. The predicted molar refractivity (Wildman–Crippen MR) is 71.6 cm³/mol. The van der Waals surface area contributed by atoms with Crippen LogP contribution < -0.4 is 10.1 Å². The number of hydrogen-bond acceptors (Lipinski definition) is 4. The van der Waals surface area contributed by atoms with Crippen LogP contribution in [0.1, 0.15) is 17.3 Å². The van der Waals surface area contributed by atoms with E-state index in [-0.39, 0.29) is 5.56 Å². The number of rotatable bonds is 6. The van der Waals surface area contributed by atoms with Gasteiger partial charge in [-0.3, -0.25) is 0 Å². The third kappa shape index (κ3) is 3.63. The first kappa shape index (κ1) is 14.3. The van der Waals surface area contributed by atoms with Gasteiger partial charge in [0, 0.05) is 18.7 Å². The van der Waals surface area contributed by atoms with Gasteiger partial charge in [0.15, 0.2) is 0 Å². The number of likely N-dealkylation sites (N-methyl/N-ethyl adjacent to an activating group) is 1. The third-order valence-electron chi connectivity index (χ3n) is 2.93. The smallest absolute Gasteiger partial charge is 0.337 e. The standard InChI is InChI=1S/C13H20N2O3/c1-9(15(2)3)8-14-12-7-10(18-4)5-6-11(12)13(16)17/h5-7,9,14H,8H2,1-4H3,(H,16,17). The number of carbonyl (C=O) groups is 1. The van der Waals surface area contributed by atoms with E-state index in [1.165, 1.54) is 0 Å². The maximum Gasteiger partial charge on any atom is 0.337 e. The molecule has 1 atom stereocenters. The van der Waals surface area contributed by atoms with Gasteiger partial charge in [0.05, 0.1) is 18.4 Å². The van der Waals surface area contributed by atoms with Gasteiger partial charge in [-0.1, -0.05) is 0 Å². The molecule has 0 aliphatic heterocycles. The predicted octanol–water partition coefficient (Wildman–Crippen LogP) is 1.76. The van der Waals surface area contributed by atoms with E-state index in [1.807, 2.05) is 14.1 Å². The lowest BCUT2D eigenvalue weighted by molar-refractivity contribution is 0.0698. The number of aromatic carboxylic acids is 1. The van der Waals surface area contributed by atoms with Crippen molar-refractivity contribution < 1.29 is 14.6 Å². The van der Waals surface area contributed by atoms with Crippen molar-refractivity contribution in [2.75, 3.05) is 33.1 Å². The van der Waals surface area contributed by atoms with E-state index in [0.717, 1.165) is 0 Å². The summed E-state index contributed by atoms with van der Waals surface area (Å²) in [6, 6.07) is 5.19. The Balaban J connectivity index is 2.87. The zero-order valence-electron chi connectivity index (χ0n) is 11.2. The van der Waals surface area contributed by atoms with Crippen LogP contribution in [0.4, 0.5) is 5.69 Å². The molecule has 1 aromatic rings. The van der Waals surface area contributed by atoms with Crippen LogP contribution in [0.25, 0.3) is 0 Å². The third-order valence-corrected chi connectivity index (χ3v) is 2.93. The molecule has 0 saturated heterocycles. The van der Waals surface area contributed by atoms with Crippen LogP contribution in [0.15, 0.2) is 18.2 Å². The monoisotopic (exact) mass is 252 g/mol. The first-order valence-electron chi connectivity index (χ1n) is 5.77. The summed E-state index contributed by atoms with van der Waals surface area (Å²) in [6.07, 6.45) is 0. The minimum absolute atomic E-state index is 0.252. The molecule has 0 aliphatic carbocycles. The Morgan fingerprint density at radius 3 is 2.67 bits per heavy atom. The van der Waals surface area contributed by atoms with E-state index in [9.17, 15) is 4.79 Å². The normalized spacial score (nSPS) is 12.3. The van der Waals surface area contributed by atoms with Crippen molar-refractivity contribution in [3.05, 3.63) is 23.8 Å². The summed E-state index contributed by atoms with van der Waals surface area (Å²) >= 11 is 0. The van der Waals surface area contributed by atoms with Crippen molar-refractivity contribution in [2.45, 2.75) is 13.0 Å². The van der Waals surface area contributed by atoms with Crippen molar-refractivity contribution in [1.82, 2.24) is 4.90 Å². The molecule has 0 radical (unpaired) electrons. The average Bonchev–Trinajstić information content (AvgIpc) is 2.34. The molecule has 0 bridgehead atoms. The van der Waals surface area contributed by atoms with Crippen LogP contribution in [-0.4, -0.2) is 49.8 Å². The van der Waals surface area contributed by atoms with Gasteiger partial charge in [-0.05, 0) is 33.2 Å². The molecular formula is C13H20N2O3. The fourth-order valence-electron chi connectivity index (χ4n) is 1.42. The van der Waals surface area contributed by atoms with Gasteiger partial charge in [0.25, 0.3) is 0 Å². The largest absolute Gasteiger partial charge is 0.497 e. The number of nitrogens with one attached hydrogen (secondary N) is 1. The molecule has 5 nitrogen and oxygen atoms in total. The first-order valence-corrected chi connectivity index (χ1v) is 5.77. The highest BCUT2D eigenvalue weighted by Crippen LogP contribution is 2.22. The highest BCUT2D eigenvalue weighted by atomic mass is 16.5. The maximum absolute atomic E-state index is 11.1. The van der Waals surface area contributed by atoms with Crippen molar-refractivity contribution in [3.8, 4) is 5.75 Å². The lowest BCUT2D eigenvalue weighted by Gasteiger charge is -2.21.